The number of benzene rings is 2. The summed E-state index contributed by atoms with van der Waals surface area (Å²) in [6, 6.07) is 15.2. The van der Waals surface area contributed by atoms with Gasteiger partial charge < -0.3 is 5.73 Å². The monoisotopic (exact) mass is 396 g/mol. The summed E-state index contributed by atoms with van der Waals surface area (Å²) in [6.07, 6.45) is 0. The van der Waals surface area contributed by atoms with Crippen LogP contribution < -0.4 is 5.73 Å². The first kappa shape index (κ1) is 21.6. The minimum Gasteiger partial charge on any atom is -0.402 e. The van der Waals surface area contributed by atoms with Crippen LogP contribution in [-0.2, 0) is 9.59 Å². The summed E-state index contributed by atoms with van der Waals surface area (Å²) in [4.78, 5) is 27.0. The van der Waals surface area contributed by atoms with Gasteiger partial charge in [0.05, 0.1) is 5.71 Å². The average Bonchev–Trinajstić information content (AvgIpc) is 2.79. The van der Waals surface area contributed by atoms with Gasteiger partial charge >= 0.3 is 0 Å². The van der Waals surface area contributed by atoms with E-state index in [1.54, 1.807) is 13.8 Å². The van der Waals surface area contributed by atoms with Crippen LogP contribution in [-0.4, -0.2) is 23.8 Å². The molecule has 4 nitrogen and oxygen atoms in total. The van der Waals surface area contributed by atoms with Gasteiger partial charge in [0.2, 0.25) is 0 Å². The fraction of sp³-hybridized carbons (Fsp3) is 0.261. The molecule has 0 aromatic heterocycles. The molecule has 0 spiro atoms. The summed E-state index contributed by atoms with van der Waals surface area (Å²) in [5.74, 6) is 0.413. The predicted octanol–water partition coefficient (Wildman–Crippen LogP) is 4.68. The van der Waals surface area contributed by atoms with Crippen molar-refractivity contribution >= 4 is 34.5 Å². The Bertz CT molecular complexity index is 937. The highest BCUT2D eigenvalue weighted by Gasteiger charge is 2.23. The number of rotatable bonds is 2. The Morgan fingerprint density at radius 3 is 2.07 bits per heavy atom. The molecule has 2 N–H and O–H groups in total. The van der Waals surface area contributed by atoms with Crippen LogP contribution in [0.1, 0.15) is 44.4 Å². The van der Waals surface area contributed by atoms with Crippen molar-refractivity contribution in [2.75, 3.05) is 6.54 Å². The van der Waals surface area contributed by atoms with Gasteiger partial charge in [-0.15, -0.1) is 0 Å². The smallest absolute Gasteiger partial charge is 0.186 e. The van der Waals surface area contributed by atoms with Crippen molar-refractivity contribution in [3.8, 4) is 0 Å². The number of halogens is 1. The lowest BCUT2D eigenvalue weighted by molar-refractivity contribution is -0.119. The first-order valence-electron chi connectivity index (χ1n) is 9.12. The molecular weight excluding hydrogens is 372 g/mol. The predicted molar refractivity (Wildman–Crippen MR) is 116 cm³/mol. The summed E-state index contributed by atoms with van der Waals surface area (Å²) < 4.78 is 0. The van der Waals surface area contributed by atoms with Crippen LogP contribution in [0.25, 0.3) is 5.57 Å². The van der Waals surface area contributed by atoms with E-state index in [-0.39, 0.29) is 24.0 Å². The largest absolute Gasteiger partial charge is 0.402 e. The minimum atomic E-state index is -0.0589. The molecule has 3 rings (SSSR count). The highest BCUT2D eigenvalue weighted by atomic mass is 35.5. The summed E-state index contributed by atoms with van der Waals surface area (Å²) in [7, 11) is 0. The number of Topliss-reactive ketones (excluding diaryl/α,β-unsaturated/α-hetero) is 2. The number of carbonyl (C=O) groups excluding carboxylic acids is 2. The van der Waals surface area contributed by atoms with Gasteiger partial charge in [-0.3, -0.25) is 14.6 Å². The van der Waals surface area contributed by atoms with Gasteiger partial charge in [0.15, 0.2) is 5.78 Å². The van der Waals surface area contributed by atoms with Crippen LogP contribution in [0.2, 0.25) is 5.02 Å². The first-order chi connectivity index (χ1) is 13.2. The number of carbonyl (C=O) groups is 2. The first-order valence-corrected chi connectivity index (χ1v) is 9.50. The van der Waals surface area contributed by atoms with Crippen molar-refractivity contribution in [1.82, 2.24) is 0 Å². The number of hydrogen-bond donors (Lipinski definition) is 1. The number of allylic oxidation sites excluding steroid dienone is 1. The van der Waals surface area contributed by atoms with Crippen molar-refractivity contribution in [2.45, 2.75) is 27.7 Å². The number of ketones is 2. The number of nitrogens with zero attached hydrogens (tertiary/aromatic N) is 1. The summed E-state index contributed by atoms with van der Waals surface area (Å²) in [5.41, 5.74) is 10.5. The number of nitrogens with two attached hydrogens (primary N) is 1. The van der Waals surface area contributed by atoms with Gasteiger partial charge in [0.1, 0.15) is 12.3 Å². The second-order valence-electron chi connectivity index (χ2n) is 6.96. The molecule has 1 aliphatic heterocycles. The molecule has 1 heterocycles. The SMILES string of the molecule is C/C(N)=C1/C(=O)CN=C(c2ccc(Cl)cc2)c2ccccc21.CC(=O)C(C)C. The Hall–Kier alpha value is -2.72. The molecule has 28 heavy (non-hydrogen) atoms. The van der Waals surface area contributed by atoms with E-state index in [9.17, 15) is 9.59 Å². The van der Waals surface area contributed by atoms with Gasteiger partial charge in [-0.2, -0.15) is 0 Å². The van der Waals surface area contributed by atoms with E-state index in [4.69, 9.17) is 17.3 Å². The van der Waals surface area contributed by atoms with Gasteiger partial charge in [0, 0.05) is 33.3 Å². The normalized spacial score (nSPS) is 15.1. The molecule has 0 atom stereocenters. The van der Waals surface area contributed by atoms with Crippen LogP contribution in [0.3, 0.4) is 0 Å². The van der Waals surface area contributed by atoms with E-state index in [1.165, 1.54) is 0 Å². The van der Waals surface area contributed by atoms with Crippen LogP contribution in [0, 0.1) is 5.92 Å². The van der Waals surface area contributed by atoms with Crippen LogP contribution in [0.5, 0.6) is 0 Å². The maximum Gasteiger partial charge on any atom is 0.186 e. The molecule has 5 heteroatoms. The molecular formula is C23H25ClN2O2. The Labute approximate surface area is 171 Å². The van der Waals surface area contributed by atoms with Crippen molar-refractivity contribution in [1.29, 1.82) is 0 Å². The topological polar surface area (TPSA) is 72.5 Å². The lowest BCUT2D eigenvalue weighted by Gasteiger charge is -2.11. The highest BCUT2D eigenvalue weighted by molar-refractivity contribution is 6.31. The fourth-order valence-electron chi connectivity index (χ4n) is 2.66. The van der Waals surface area contributed by atoms with E-state index < -0.39 is 0 Å². The zero-order chi connectivity index (χ0) is 20.8. The summed E-state index contributed by atoms with van der Waals surface area (Å²) >= 11 is 5.95. The Morgan fingerprint density at radius 1 is 1.04 bits per heavy atom. The third-order valence-electron chi connectivity index (χ3n) is 4.44. The van der Waals surface area contributed by atoms with Crippen molar-refractivity contribution in [3.63, 3.8) is 0 Å². The van der Waals surface area contributed by atoms with Crippen LogP contribution in [0.15, 0.2) is 59.2 Å². The molecule has 1 aliphatic rings. The van der Waals surface area contributed by atoms with E-state index in [1.807, 2.05) is 62.4 Å². The molecule has 0 fully saturated rings. The molecule has 146 valence electrons. The molecule has 0 aliphatic carbocycles. The van der Waals surface area contributed by atoms with Crippen molar-refractivity contribution in [3.05, 3.63) is 75.9 Å². The highest BCUT2D eigenvalue weighted by Crippen LogP contribution is 2.28. The second-order valence-corrected chi connectivity index (χ2v) is 7.40. The molecule has 2 aromatic carbocycles. The number of hydrogen-bond acceptors (Lipinski definition) is 4. The van der Waals surface area contributed by atoms with E-state index in [0.29, 0.717) is 16.3 Å². The third-order valence-corrected chi connectivity index (χ3v) is 4.69. The lowest BCUT2D eigenvalue weighted by atomic mass is 9.92. The standard InChI is InChI=1S/C18H15ClN2O.C5H10O/c1-11(20)17-14-4-2-3-5-15(14)18(21-10-16(17)22)12-6-8-13(19)9-7-12;1-4(2)5(3)6/h2-9H,10,20H2,1H3;4H,1-3H3/b17-11-;. The van der Waals surface area contributed by atoms with Crippen molar-refractivity contribution < 1.29 is 9.59 Å². The molecule has 0 saturated heterocycles. The molecule has 0 bridgehead atoms. The van der Waals surface area contributed by atoms with Gasteiger partial charge in [-0.05, 0) is 31.5 Å². The molecule has 0 radical (unpaired) electrons. The maximum absolute atomic E-state index is 12.4. The minimum absolute atomic E-state index is 0.0589. The van der Waals surface area contributed by atoms with E-state index in [2.05, 4.69) is 4.99 Å². The third kappa shape index (κ3) is 5.17. The van der Waals surface area contributed by atoms with E-state index >= 15 is 0 Å². The van der Waals surface area contributed by atoms with Gasteiger partial charge in [0.25, 0.3) is 0 Å². The second kappa shape index (κ2) is 9.47. The number of fused-ring (bicyclic) bond motifs is 1. The maximum atomic E-state index is 12.4. The number of aliphatic imine (C=N–C) groups is 1. The van der Waals surface area contributed by atoms with Crippen molar-refractivity contribution in [2.24, 2.45) is 16.6 Å². The Balaban J connectivity index is 0.000000409. The Morgan fingerprint density at radius 2 is 1.57 bits per heavy atom. The molecule has 0 saturated carbocycles. The van der Waals surface area contributed by atoms with E-state index in [0.717, 1.165) is 22.4 Å². The van der Waals surface area contributed by atoms with Gasteiger partial charge in [-0.25, -0.2) is 0 Å². The zero-order valence-electron chi connectivity index (χ0n) is 16.6. The van der Waals surface area contributed by atoms with Gasteiger partial charge in [-0.1, -0.05) is 61.8 Å². The van der Waals surface area contributed by atoms with Crippen LogP contribution >= 0.6 is 11.6 Å². The molecule has 2 aromatic rings. The zero-order valence-corrected chi connectivity index (χ0v) is 17.4. The quantitative estimate of drug-likeness (QED) is 0.749. The molecule has 0 unspecified atom stereocenters. The fourth-order valence-corrected chi connectivity index (χ4v) is 2.79. The summed E-state index contributed by atoms with van der Waals surface area (Å²) in [5, 5.41) is 0.667. The van der Waals surface area contributed by atoms with Crippen LogP contribution in [0.4, 0.5) is 0 Å². The summed E-state index contributed by atoms with van der Waals surface area (Å²) in [6.45, 7) is 7.23. The lowest BCUT2D eigenvalue weighted by Crippen LogP contribution is -2.10. The Kier molecular flexibility index (Phi) is 7.30. The average molecular weight is 397 g/mol. The molecule has 0 amide bonds.